The minimum absolute atomic E-state index is 0. The second-order valence-corrected chi connectivity index (χ2v) is 7.68. The predicted molar refractivity (Wildman–Crippen MR) is 94.7 cm³/mol. The van der Waals surface area contributed by atoms with Crippen LogP contribution in [0.5, 0.6) is 0 Å². The molecule has 9 heteroatoms. The van der Waals surface area contributed by atoms with E-state index in [1.807, 2.05) is 0 Å². The number of rotatable bonds is 6. The zero-order valence-corrected chi connectivity index (χ0v) is 15.7. The number of carbonyl (C=O) groups is 1. The molecule has 1 saturated carbocycles. The number of methoxy groups -OCH3 is 1. The van der Waals surface area contributed by atoms with E-state index in [0.717, 1.165) is 57.4 Å². The molecule has 1 aliphatic carbocycles. The average Bonchev–Trinajstić information content (AvgIpc) is 2.59. The third-order valence-electron chi connectivity index (χ3n) is 4.42. The molecule has 0 amide bonds. The van der Waals surface area contributed by atoms with Crippen LogP contribution in [0.25, 0.3) is 0 Å². The van der Waals surface area contributed by atoms with Crippen molar-refractivity contribution in [3.8, 4) is 0 Å². The van der Waals surface area contributed by atoms with Crippen molar-refractivity contribution in [1.82, 2.24) is 4.72 Å². The number of sulfonamides is 1. The Hall–Kier alpha value is -1.22. The fourth-order valence-electron chi connectivity index (χ4n) is 3.14. The Morgan fingerprint density at radius 1 is 1.36 bits per heavy atom. The molecule has 0 radical (unpaired) electrons. The Morgan fingerprint density at radius 2 is 2.00 bits per heavy atom. The van der Waals surface area contributed by atoms with Gasteiger partial charge in [-0.3, -0.25) is 0 Å². The lowest BCUT2D eigenvalue weighted by Gasteiger charge is -2.30. The highest BCUT2D eigenvalue weighted by Gasteiger charge is 2.30. The van der Waals surface area contributed by atoms with E-state index in [4.69, 9.17) is 5.73 Å². The zero-order valence-electron chi connectivity index (χ0n) is 14.0. The SMILES string of the molecule is COC(=O)c1cc(F)ccc1S(=O)(=O)NC(CN)C1CCCCC1.Cl. The van der Waals surface area contributed by atoms with Crippen molar-refractivity contribution in [3.63, 3.8) is 0 Å². The van der Waals surface area contributed by atoms with Crippen LogP contribution in [0.3, 0.4) is 0 Å². The van der Waals surface area contributed by atoms with E-state index < -0.39 is 27.9 Å². The zero-order chi connectivity index (χ0) is 17.7. The normalized spacial score (nSPS) is 16.8. The summed E-state index contributed by atoms with van der Waals surface area (Å²) in [6.45, 7) is 0.165. The molecule has 1 aliphatic rings. The van der Waals surface area contributed by atoms with Crippen molar-refractivity contribution >= 4 is 28.4 Å². The molecule has 0 bridgehead atoms. The molecule has 6 nitrogen and oxygen atoms in total. The van der Waals surface area contributed by atoms with Crippen molar-refractivity contribution in [1.29, 1.82) is 0 Å². The number of ether oxygens (including phenoxy) is 1. The summed E-state index contributed by atoms with van der Waals surface area (Å²) in [6.07, 6.45) is 5.07. The van der Waals surface area contributed by atoms with Crippen LogP contribution in [-0.4, -0.2) is 34.1 Å². The van der Waals surface area contributed by atoms with Crippen molar-refractivity contribution in [2.24, 2.45) is 11.7 Å². The Balaban J connectivity index is 0.00000312. The van der Waals surface area contributed by atoms with Gasteiger partial charge in [0.2, 0.25) is 10.0 Å². The lowest BCUT2D eigenvalue weighted by atomic mass is 9.84. The molecule has 0 heterocycles. The van der Waals surface area contributed by atoms with Gasteiger partial charge in [0.25, 0.3) is 0 Å². The van der Waals surface area contributed by atoms with Crippen LogP contribution < -0.4 is 10.5 Å². The molecule has 0 spiro atoms. The second kappa shape index (κ2) is 9.47. The lowest BCUT2D eigenvalue weighted by Crippen LogP contribution is -2.46. The summed E-state index contributed by atoms with van der Waals surface area (Å²) >= 11 is 0. The number of nitrogens with two attached hydrogens (primary N) is 1. The highest BCUT2D eigenvalue weighted by molar-refractivity contribution is 7.89. The Labute approximate surface area is 153 Å². The molecule has 0 aromatic heterocycles. The lowest BCUT2D eigenvalue weighted by molar-refractivity contribution is 0.0595. The predicted octanol–water partition coefficient (Wildman–Crippen LogP) is 2.22. The molecule has 0 saturated heterocycles. The third-order valence-corrected chi connectivity index (χ3v) is 5.96. The quantitative estimate of drug-likeness (QED) is 0.721. The third kappa shape index (κ3) is 5.37. The molecule has 1 fully saturated rings. The number of hydrogen-bond donors (Lipinski definition) is 2. The fourth-order valence-corrected chi connectivity index (χ4v) is 4.64. The van der Waals surface area contributed by atoms with E-state index >= 15 is 0 Å². The van der Waals surface area contributed by atoms with E-state index in [9.17, 15) is 17.6 Å². The largest absolute Gasteiger partial charge is 0.465 e. The van der Waals surface area contributed by atoms with Gasteiger partial charge in [0.05, 0.1) is 17.6 Å². The monoisotopic (exact) mass is 394 g/mol. The van der Waals surface area contributed by atoms with Gasteiger partial charge in [-0.25, -0.2) is 22.3 Å². The molecule has 1 aromatic carbocycles. The van der Waals surface area contributed by atoms with Gasteiger partial charge >= 0.3 is 5.97 Å². The topological polar surface area (TPSA) is 98.5 Å². The van der Waals surface area contributed by atoms with Crippen LogP contribution in [0.2, 0.25) is 0 Å². The standard InChI is InChI=1S/C16H23FN2O4S.ClH/c1-23-16(20)13-9-12(17)7-8-15(13)24(21,22)19-14(10-18)11-5-3-2-4-6-11;/h7-9,11,14,19H,2-6,10,18H2,1H3;1H. The maximum Gasteiger partial charge on any atom is 0.339 e. The minimum Gasteiger partial charge on any atom is -0.465 e. The van der Waals surface area contributed by atoms with Crippen molar-refractivity contribution in [3.05, 3.63) is 29.6 Å². The van der Waals surface area contributed by atoms with Crippen LogP contribution in [-0.2, 0) is 14.8 Å². The van der Waals surface area contributed by atoms with Crippen molar-refractivity contribution in [2.75, 3.05) is 13.7 Å². The first-order valence-corrected chi connectivity index (χ1v) is 9.47. The Bertz CT molecular complexity index is 693. The van der Waals surface area contributed by atoms with E-state index in [-0.39, 0.29) is 35.3 Å². The highest BCUT2D eigenvalue weighted by atomic mass is 35.5. The molecule has 142 valence electrons. The summed E-state index contributed by atoms with van der Waals surface area (Å²) in [4.78, 5) is 11.5. The molecule has 1 aromatic rings. The van der Waals surface area contributed by atoms with Gasteiger partial charge < -0.3 is 10.5 Å². The van der Waals surface area contributed by atoms with E-state index in [1.54, 1.807) is 0 Å². The summed E-state index contributed by atoms with van der Waals surface area (Å²) < 4.78 is 45.9. The van der Waals surface area contributed by atoms with E-state index in [2.05, 4.69) is 9.46 Å². The molecule has 1 atom stereocenters. The maximum atomic E-state index is 13.4. The number of benzene rings is 1. The molecular weight excluding hydrogens is 371 g/mol. The second-order valence-electron chi connectivity index (χ2n) is 5.99. The average molecular weight is 395 g/mol. The molecule has 25 heavy (non-hydrogen) atoms. The summed E-state index contributed by atoms with van der Waals surface area (Å²) in [5.74, 6) is -1.45. The van der Waals surface area contributed by atoms with Crippen LogP contribution in [0.4, 0.5) is 4.39 Å². The van der Waals surface area contributed by atoms with Gasteiger partial charge in [-0.2, -0.15) is 0 Å². The van der Waals surface area contributed by atoms with Gasteiger partial charge in [0, 0.05) is 12.6 Å². The first kappa shape index (κ1) is 21.8. The molecule has 0 aliphatic heterocycles. The Morgan fingerprint density at radius 3 is 2.56 bits per heavy atom. The van der Waals surface area contributed by atoms with Crippen molar-refractivity contribution in [2.45, 2.75) is 43.0 Å². The number of carbonyl (C=O) groups excluding carboxylic acids is 1. The number of nitrogens with one attached hydrogen (secondary N) is 1. The van der Waals surface area contributed by atoms with Crippen molar-refractivity contribution < 1.29 is 22.3 Å². The van der Waals surface area contributed by atoms with Gasteiger partial charge in [0.1, 0.15) is 5.82 Å². The number of esters is 1. The first-order valence-electron chi connectivity index (χ1n) is 7.99. The fraction of sp³-hybridized carbons (Fsp3) is 0.562. The Kier molecular flexibility index (Phi) is 8.27. The van der Waals surface area contributed by atoms with E-state index in [0.29, 0.717) is 0 Å². The highest BCUT2D eigenvalue weighted by Crippen LogP contribution is 2.27. The van der Waals surface area contributed by atoms with Gasteiger partial charge in [0.15, 0.2) is 0 Å². The first-order chi connectivity index (χ1) is 11.4. The van der Waals surface area contributed by atoms with Crippen LogP contribution >= 0.6 is 12.4 Å². The van der Waals surface area contributed by atoms with Crippen LogP contribution in [0, 0.1) is 11.7 Å². The molecule has 3 N–H and O–H groups in total. The minimum atomic E-state index is -4.02. The molecule has 1 unspecified atom stereocenters. The smallest absolute Gasteiger partial charge is 0.339 e. The maximum absolute atomic E-state index is 13.4. The summed E-state index contributed by atoms with van der Waals surface area (Å²) in [7, 11) is -2.91. The van der Waals surface area contributed by atoms with Crippen LogP contribution in [0.15, 0.2) is 23.1 Å². The van der Waals surface area contributed by atoms with Gasteiger partial charge in [-0.05, 0) is 37.0 Å². The van der Waals surface area contributed by atoms with Crippen LogP contribution in [0.1, 0.15) is 42.5 Å². The summed E-state index contributed by atoms with van der Waals surface area (Å²) in [5, 5.41) is 0. The summed E-state index contributed by atoms with van der Waals surface area (Å²) in [5.41, 5.74) is 5.43. The van der Waals surface area contributed by atoms with E-state index in [1.165, 1.54) is 0 Å². The number of halogens is 2. The molecular formula is C16H24ClFN2O4S. The summed E-state index contributed by atoms with van der Waals surface area (Å²) in [6, 6.07) is 2.52. The van der Waals surface area contributed by atoms with Gasteiger partial charge in [-0.15, -0.1) is 12.4 Å². The number of hydrogen-bond acceptors (Lipinski definition) is 5. The van der Waals surface area contributed by atoms with Gasteiger partial charge in [-0.1, -0.05) is 19.3 Å². The molecule has 2 rings (SSSR count).